The van der Waals surface area contributed by atoms with Crippen LogP contribution in [-0.4, -0.2) is 42.8 Å². The monoisotopic (exact) mass is 331 g/mol. The van der Waals surface area contributed by atoms with Gasteiger partial charge in [-0.15, -0.1) is 0 Å². The van der Waals surface area contributed by atoms with Crippen molar-refractivity contribution in [3.8, 4) is 5.82 Å². The van der Waals surface area contributed by atoms with E-state index in [4.69, 9.17) is 0 Å². The average molecular weight is 331 g/mol. The van der Waals surface area contributed by atoms with Gasteiger partial charge in [0.25, 0.3) is 5.91 Å². The van der Waals surface area contributed by atoms with Gasteiger partial charge in [0.1, 0.15) is 18.7 Å². The summed E-state index contributed by atoms with van der Waals surface area (Å²) < 4.78 is 1.46. The first-order valence-corrected chi connectivity index (χ1v) is 7.61. The standard InChI is InChI=1S/C16H21N5O3/c1-16(2,3)7-6-12(15(23)24)20-14(22)11-4-5-13(18-8-11)21-10-17-9-19-21/h4-5,8-10,12H,6-7H2,1-3H3,(H,20,22)(H,23,24). The number of nitrogens with zero attached hydrogens (tertiary/aromatic N) is 4. The van der Waals surface area contributed by atoms with Crippen molar-refractivity contribution in [1.82, 2.24) is 25.1 Å². The number of carbonyl (C=O) groups excluding carboxylic acids is 1. The zero-order valence-electron chi connectivity index (χ0n) is 13.9. The minimum Gasteiger partial charge on any atom is -0.480 e. The molecule has 0 aliphatic carbocycles. The highest BCUT2D eigenvalue weighted by Gasteiger charge is 2.23. The fraction of sp³-hybridized carbons (Fsp3) is 0.438. The molecule has 2 heterocycles. The van der Waals surface area contributed by atoms with Crippen LogP contribution in [0.1, 0.15) is 44.0 Å². The van der Waals surface area contributed by atoms with Crippen LogP contribution in [0.5, 0.6) is 0 Å². The van der Waals surface area contributed by atoms with E-state index >= 15 is 0 Å². The van der Waals surface area contributed by atoms with Crippen LogP contribution in [-0.2, 0) is 4.79 Å². The van der Waals surface area contributed by atoms with E-state index in [1.165, 1.54) is 23.5 Å². The predicted octanol–water partition coefficient (Wildman–Crippen LogP) is 1.67. The molecule has 1 unspecified atom stereocenters. The quantitative estimate of drug-likeness (QED) is 0.833. The van der Waals surface area contributed by atoms with E-state index in [1.54, 1.807) is 12.1 Å². The lowest BCUT2D eigenvalue weighted by molar-refractivity contribution is -0.139. The van der Waals surface area contributed by atoms with Crippen molar-refractivity contribution in [2.45, 2.75) is 39.7 Å². The van der Waals surface area contributed by atoms with Crippen molar-refractivity contribution in [2.24, 2.45) is 5.41 Å². The molecule has 1 atom stereocenters. The summed E-state index contributed by atoms with van der Waals surface area (Å²) in [5.41, 5.74) is 0.292. The van der Waals surface area contributed by atoms with Gasteiger partial charge < -0.3 is 10.4 Å². The third-order valence-electron chi connectivity index (χ3n) is 3.45. The maximum absolute atomic E-state index is 12.2. The Morgan fingerprint density at radius 1 is 1.33 bits per heavy atom. The summed E-state index contributed by atoms with van der Waals surface area (Å²) in [6.07, 6.45) is 5.32. The Kier molecular flexibility index (Phi) is 5.28. The Balaban J connectivity index is 2.03. The van der Waals surface area contributed by atoms with Gasteiger partial charge in [0.2, 0.25) is 0 Å². The Labute approximate surface area is 139 Å². The van der Waals surface area contributed by atoms with E-state index < -0.39 is 17.9 Å². The van der Waals surface area contributed by atoms with Crippen LogP contribution < -0.4 is 5.32 Å². The molecule has 0 bridgehead atoms. The molecule has 0 saturated heterocycles. The second-order valence-corrected chi connectivity index (χ2v) is 6.71. The number of aromatic nitrogens is 4. The first-order valence-electron chi connectivity index (χ1n) is 7.61. The van der Waals surface area contributed by atoms with Gasteiger partial charge in [-0.05, 0) is 30.4 Å². The highest BCUT2D eigenvalue weighted by molar-refractivity contribution is 5.96. The molecule has 0 saturated carbocycles. The summed E-state index contributed by atoms with van der Waals surface area (Å²) in [6, 6.07) is 2.27. The topological polar surface area (TPSA) is 110 Å². The molecule has 0 aliphatic rings. The maximum Gasteiger partial charge on any atom is 0.326 e. The number of carboxylic acid groups (broad SMARTS) is 1. The van der Waals surface area contributed by atoms with Crippen molar-refractivity contribution in [3.05, 3.63) is 36.5 Å². The molecule has 0 fully saturated rings. The minimum absolute atomic E-state index is 0.000565. The van der Waals surface area contributed by atoms with E-state index in [1.807, 2.05) is 20.8 Å². The van der Waals surface area contributed by atoms with Crippen LogP contribution in [0.25, 0.3) is 5.82 Å². The Bertz CT molecular complexity index is 690. The largest absolute Gasteiger partial charge is 0.480 e. The molecule has 128 valence electrons. The summed E-state index contributed by atoms with van der Waals surface area (Å²) >= 11 is 0. The number of rotatable bonds is 6. The predicted molar refractivity (Wildman–Crippen MR) is 86.7 cm³/mol. The average Bonchev–Trinajstić information content (AvgIpc) is 3.04. The highest BCUT2D eigenvalue weighted by Crippen LogP contribution is 2.21. The number of carbonyl (C=O) groups is 2. The normalized spacial score (nSPS) is 12.6. The van der Waals surface area contributed by atoms with Crippen LogP contribution in [0, 0.1) is 5.41 Å². The van der Waals surface area contributed by atoms with E-state index in [0.717, 1.165) is 0 Å². The van der Waals surface area contributed by atoms with Gasteiger partial charge in [0.15, 0.2) is 5.82 Å². The molecule has 0 aromatic carbocycles. The third kappa shape index (κ3) is 4.87. The number of amides is 1. The molecule has 2 rings (SSSR count). The lowest BCUT2D eigenvalue weighted by atomic mass is 9.88. The van der Waals surface area contributed by atoms with Gasteiger partial charge in [-0.1, -0.05) is 20.8 Å². The maximum atomic E-state index is 12.2. The third-order valence-corrected chi connectivity index (χ3v) is 3.45. The van der Waals surface area contributed by atoms with E-state index in [2.05, 4.69) is 20.4 Å². The van der Waals surface area contributed by atoms with Crippen molar-refractivity contribution < 1.29 is 14.7 Å². The second kappa shape index (κ2) is 7.20. The molecule has 8 heteroatoms. The first kappa shape index (κ1) is 17.6. The molecule has 2 aromatic rings. The number of hydrogen-bond acceptors (Lipinski definition) is 5. The van der Waals surface area contributed by atoms with Crippen LogP contribution in [0.3, 0.4) is 0 Å². The number of carboxylic acids is 1. The molecule has 0 spiro atoms. The van der Waals surface area contributed by atoms with Gasteiger partial charge >= 0.3 is 5.97 Å². The molecule has 0 radical (unpaired) electrons. The Morgan fingerprint density at radius 3 is 2.58 bits per heavy atom. The lowest BCUT2D eigenvalue weighted by Gasteiger charge is -2.21. The van der Waals surface area contributed by atoms with Gasteiger partial charge in [0, 0.05) is 6.20 Å². The van der Waals surface area contributed by atoms with Crippen LogP contribution in [0.2, 0.25) is 0 Å². The number of aliphatic carboxylic acids is 1. The summed E-state index contributed by atoms with van der Waals surface area (Å²) in [5, 5.41) is 15.8. The van der Waals surface area contributed by atoms with Gasteiger partial charge in [-0.2, -0.15) is 5.10 Å². The van der Waals surface area contributed by atoms with E-state index in [0.29, 0.717) is 24.2 Å². The Morgan fingerprint density at radius 2 is 2.08 bits per heavy atom. The van der Waals surface area contributed by atoms with Crippen molar-refractivity contribution in [2.75, 3.05) is 0 Å². The first-order chi connectivity index (χ1) is 11.3. The SMILES string of the molecule is CC(C)(C)CCC(NC(=O)c1ccc(-n2cncn2)nc1)C(=O)O. The van der Waals surface area contributed by atoms with Crippen LogP contribution in [0.15, 0.2) is 31.0 Å². The smallest absolute Gasteiger partial charge is 0.326 e. The van der Waals surface area contributed by atoms with Crippen LogP contribution in [0.4, 0.5) is 0 Å². The molecule has 0 aliphatic heterocycles. The minimum atomic E-state index is -1.04. The number of nitrogens with one attached hydrogen (secondary N) is 1. The van der Waals surface area contributed by atoms with Gasteiger partial charge in [-0.25, -0.2) is 19.4 Å². The fourth-order valence-corrected chi connectivity index (χ4v) is 2.06. The van der Waals surface area contributed by atoms with E-state index in [9.17, 15) is 14.7 Å². The van der Waals surface area contributed by atoms with Crippen LogP contribution >= 0.6 is 0 Å². The molecule has 1 amide bonds. The molecule has 2 N–H and O–H groups in total. The van der Waals surface area contributed by atoms with Gasteiger partial charge in [0.05, 0.1) is 5.56 Å². The van der Waals surface area contributed by atoms with Gasteiger partial charge in [-0.3, -0.25) is 4.79 Å². The fourth-order valence-electron chi connectivity index (χ4n) is 2.06. The van der Waals surface area contributed by atoms with Crippen molar-refractivity contribution >= 4 is 11.9 Å². The zero-order chi connectivity index (χ0) is 17.7. The summed E-state index contributed by atoms with van der Waals surface area (Å²) in [4.78, 5) is 31.5. The summed E-state index contributed by atoms with van der Waals surface area (Å²) in [5.74, 6) is -0.986. The van der Waals surface area contributed by atoms with Crippen molar-refractivity contribution in [3.63, 3.8) is 0 Å². The van der Waals surface area contributed by atoms with Crippen molar-refractivity contribution in [1.29, 1.82) is 0 Å². The Hall–Kier alpha value is -2.77. The molecule has 8 nitrogen and oxygen atoms in total. The number of pyridine rings is 1. The lowest BCUT2D eigenvalue weighted by Crippen LogP contribution is -2.41. The summed E-state index contributed by atoms with van der Waals surface area (Å²) in [7, 11) is 0. The highest BCUT2D eigenvalue weighted by atomic mass is 16.4. The molecule has 24 heavy (non-hydrogen) atoms. The zero-order valence-corrected chi connectivity index (χ0v) is 13.9. The molecular formula is C16H21N5O3. The summed E-state index contributed by atoms with van der Waals surface area (Å²) in [6.45, 7) is 6.08. The number of hydrogen-bond donors (Lipinski definition) is 2. The second-order valence-electron chi connectivity index (χ2n) is 6.71. The molecular weight excluding hydrogens is 310 g/mol. The molecule has 2 aromatic heterocycles. The van der Waals surface area contributed by atoms with E-state index in [-0.39, 0.29) is 5.41 Å².